The molecule has 0 amide bonds. The number of carbonyl (C=O) groups is 1. The maximum absolute atomic E-state index is 12.8. The number of allylic oxidation sites excluding steroid dienone is 1. The van der Waals surface area contributed by atoms with Crippen LogP contribution in [0.4, 0.5) is 0 Å². The predicted octanol–water partition coefficient (Wildman–Crippen LogP) is 4.03. The van der Waals surface area contributed by atoms with Crippen molar-refractivity contribution in [2.24, 2.45) is 10.9 Å². The Morgan fingerprint density at radius 3 is 2.75 bits per heavy atom. The van der Waals surface area contributed by atoms with Gasteiger partial charge in [0, 0.05) is 29.0 Å². The molecule has 1 aromatic carbocycles. The van der Waals surface area contributed by atoms with E-state index < -0.39 is 17.8 Å². The molecule has 0 saturated carbocycles. The van der Waals surface area contributed by atoms with Crippen molar-refractivity contribution in [1.82, 2.24) is 0 Å². The first kappa shape index (κ1) is 19.6. The molecule has 2 atom stereocenters. The van der Waals surface area contributed by atoms with E-state index in [1.807, 2.05) is 6.92 Å². The van der Waals surface area contributed by atoms with Gasteiger partial charge >= 0.3 is 5.97 Å². The first-order valence-corrected chi connectivity index (χ1v) is 9.25. The molecule has 0 saturated heterocycles. The lowest BCUT2D eigenvalue weighted by molar-refractivity contribution is -0.139. The first-order valence-electron chi connectivity index (χ1n) is 9.25. The Labute approximate surface area is 163 Å². The number of rotatable bonds is 4. The lowest BCUT2D eigenvalue weighted by Gasteiger charge is -2.29. The van der Waals surface area contributed by atoms with Crippen molar-refractivity contribution in [3.05, 3.63) is 57.1 Å². The molecule has 0 fully saturated rings. The fourth-order valence-corrected chi connectivity index (χ4v) is 3.64. The Balaban J connectivity index is 2.29. The summed E-state index contributed by atoms with van der Waals surface area (Å²) in [7, 11) is 0. The van der Waals surface area contributed by atoms with Crippen LogP contribution in [-0.2, 0) is 9.53 Å². The van der Waals surface area contributed by atoms with E-state index in [-0.39, 0.29) is 12.0 Å². The molecule has 2 heterocycles. The Bertz CT molecular complexity index is 1100. The summed E-state index contributed by atoms with van der Waals surface area (Å²) >= 11 is 0. The molecule has 0 N–H and O–H groups in total. The van der Waals surface area contributed by atoms with Crippen LogP contribution < -0.4 is 5.43 Å². The van der Waals surface area contributed by atoms with E-state index in [2.05, 4.69) is 11.1 Å². The Hall–Kier alpha value is -3.20. The number of nitrogens with zero attached hydrogens (tertiary/aromatic N) is 2. The van der Waals surface area contributed by atoms with Crippen molar-refractivity contribution in [1.29, 1.82) is 5.26 Å². The number of carbonyl (C=O) groups excluding carboxylic acids is 1. The van der Waals surface area contributed by atoms with Crippen molar-refractivity contribution < 1.29 is 13.9 Å². The summed E-state index contributed by atoms with van der Waals surface area (Å²) in [6, 6.07) is 8.91. The van der Waals surface area contributed by atoms with Gasteiger partial charge in [-0.25, -0.2) is 4.79 Å². The molecular formula is C22H22N2O4. The van der Waals surface area contributed by atoms with Gasteiger partial charge in [-0.3, -0.25) is 9.79 Å². The van der Waals surface area contributed by atoms with E-state index in [9.17, 15) is 14.9 Å². The van der Waals surface area contributed by atoms with Crippen LogP contribution in [0.25, 0.3) is 11.0 Å². The van der Waals surface area contributed by atoms with Gasteiger partial charge in [0.25, 0.3) is 0 Å². The van der Waals surface area contributed by atoms with E-state index in [0.717, 1.165) is 0 Å². The van der Waals surface area contributed by atoms with Crippen molar-refractivity contribution >= 4 is 22.7 Å². The van der Waals surface area contributed by atoms with Crippen LogP contribution in [0.1, 0.15) is 44.4 Å². The number of hydrogen-bond acceptors (Lipinski definition) is 6. The normalized spacial score (nSPS) is 19.3. The maximum atomic E-state index is 12.8. The highest BCUT2D eigenvalue weighted by atomic mass is 16.5. The zero-order chi connectivity index (χ0) is 20.4. The van der Waals surface area contributed by atoms with Crippen LogP contribution in [0.3, 0.4) is 0 Å². The molecule has 2 aromatic rings. The number of aryl methyl sites for hydroxylation is 1. The van der Waals surface area contributed by atoms with Crippen LogP contribution in [0.2, 0.25) is 0 Å². The highest BCUT2D eigenvalue weighted by Crippen LogP contribution is 2.41. The third kappa shape index (κ3) is 3.36. The molecule has 1 aromatic heterocycles. The van der Waals surface area contributed by atoms with Gasteiger partial charge in [-0.05, 0) is 33.3 Å². The average Bonchev–Trinajstić information content (AvgIpc) is 2.65. The average molecular weight is 378 g/mol. The quantitative estimate of drug-likeness (QED) is 0.749. The summed E-state index contributed by atoms with van der Waals surface area (Å²) in [6.07, 6.45) is 0.690. The van der Waals surface area contributed by atoms with Crippen LogP contribution in [0.15, 0.2) is 49.7 Å². The zero-order valence-electron chi connectivity index (χ0n) is 16.4. The Morgan fingerprint density at radius 1 is 1.32 bits per heavy atom. The highest BCUT2D eigenvalue weighted by Gasteiger charge is 2.39. The Morgan fingerprint density at radius 2 is 2.07 bits per heavy atom. The van der Waals surface area contributed by atoms with E-state index in [1.165, 1.54) is 6.07 Å². The van der Waals surface area contributed by atoms with Crippen LogP contribution in [0.5, 0.6) is 0 Å². The second-order valence-electron chi connectivity index (χ2n) is 6.92. The van der Waals surface area contributed by atoms with Crippen molar-refractivity contribution in [2.75, 3.05) is 6.61 Å². The van der Waals surface area contributed by atoms with Crippen molar-refractivity contribution in [3.63, 3.8) is 0 Å². The maximum Gasteiger partial charge on any atom is 0.336 e. The molecule has 6 nitrogen and oxygen atoms in total. The fourth-order valence-electron chi connectivity index (χ4n) is 3.64. The predicted molar refractivity (Wildman–Crippen MR) is 106 cm³/mol. The van der Waals surface area contributed by atoms with Gasteiger partial charge in [0.1, 0.15) is 11.3 Å². The van der Waals surface area contributed by atoms with E-state index in [1.54, 1.807) is 39.0 Å². The van der Waals surface area contributed by atoms with Gasteiger partial charge in [0.15, 0.2) is 5.43 Å². The number of nitriles is 1. The van der Waals surface area contributed by atoms with E-state index in [4.69, 9.17) is 9.15 Å². The largest absolute Gasteiger partial charge is 0.462 e. The molecule has 0 aliphatic carbocycles. The molecular weight excluding hydrogens is 356 g/mol. The van der Waals surface area contributed by atoms with Gasteiger partial charge in [0.05, 0.1) is 29.6 Å². The molecule has 28 heavy (non-hydrogen) atoms. The minimum absolute atomic E-state index is 0.161. The molecule has 0 bridgehead atoms. The van der Waals surface area contributed by atoms with Crippen molar-refractivity contribution in [3.8, 4) is 6.07 Å². The standard InChI is InChI=1S/C22H22N2O4/c1-5-9-27-22(26)19-14(4)24-13(3)17(11-23)20(19)16-8-6-7-15-18(25)10-12(2)28-21(15)16/h6-8,10,17,20H,5,9H2,1-4H3. The zero-order valence-corrected chi connectivity index (χ0v) is 16.4. The Kier molecular flexibility index (Phi) is 5.46. The highest BCUT2D eigenvalue weighted by molar-refractivity contribution is 5.99. The number of fused-ring (bicyclic) bond motifs is 1. The molecule has 0 radical (unpaired) electrons. The minimum atomic E-state index is -0.663. The number of para-hydroxylation sites is 1. The summed E-state index contributed by atoms with van der Waals surface area (Å²) in [5.74, 6) is -1.31. The van der Waals surface area contributed by atoms with Gasteiger partial charge in [-0.1, -0.05) is 19.1 Å². The van der Waals surface area contributed by atoms with Gasteiger partial charge in [0.2, 0.25) is 0 Å². The summed E-state index contributed by atoms with van der Waals surface area (Å²) in [6.45, 7) is 7.40. The van der Waals surface area contributed by atoms with Crippen LogP contribution in [0, 0.1) is 24.2 Å². The van der Waals surface area contributed by atoms with Gasteiger partial charge in [-0.2, -0.15) is 5.26 Å². The van der Waals surface area contributed by atoms with Gasteiger partial charge in [-0.15, -0.1) is 0 Å². The molecule has 1 aliphatic heterocycles. The molecule has 3 rings (SSSR count). The number of esters is 1. The summed E-state index contributed by atoms with van der Waals surface area (Å²) in [5, 5.41) is 10.3. The molecule has 1 aliphatic rings. The second kappa shape index (κ2) is 7.81. The molecule has 6 heteroatoms. The van der Waals surface area contributed by atoms with Crippen LogP contribution in [-0.4, -0.2) is 18.3 Å². The second-order valence-corrected chi connectivity index (χ2v) is 6.92. The first-order chi connectivity index (χ1) is 13.4. The van der Waals surface area contributed by atoms with E-state index >= 15 is 0 Å². The smallest absolute Gasteiger partial charge is 0.336 e. The van der Waals surface area contributed by atoms with E-state index in [0.29, 0.717) is 45.7 Å². The lowest BCUT2D eigenvalue weighted by atomic mass is 9.76. The summed E-state index contributed by atoms with van der Waals surface area (Å²) in [5.41, 5.74) is 2.31. The number of benzene rings is 1. The third-order valence-corrected chi connectivity index (χ3v) is 4.87. The SMILES string of the molecule is CCCOC(=O)C1=C(C)N=C(C)C(C#N)C1c1cccc2c(=O)cc(C)oc12. The summed E-state index contributed by atoms with van der Waals surface area (Å²) < 4.78 is 11.2. The minimum Gasteiger partial charge on any atom is -0.462 e. The topological polar surface area (TPSA) is 92.7 Å². The number of aliphatic imine (C=N–C) groups is 1. The third-order valence-electron chi connectivity index (χ3n) is 4.87. The van der Waals surface area contributed by atoms with Gasteiger partial charge < -0.3 is 9.15 Å². The number of hydrogen-bond donors (Lipinski definition) is 0. The lowest BCUT2D eigenvalue weighted by Crippen LogP contribution is -2.30. The molecule has 2 unspecified atom stereocenters. The number of ether oxygens (including phenoxy) is 1. The monoisotopic (exact) mass is 378 g/mol. The molecule has 144 valence electrons. The molecule has 0 spiro atoms. The fraction of sp³-hybridized carbons (Fsp3) is 0.364. The summed E-state index contributed by atoms with van der Waals surface area (Å²) in [4.78, 5) is 29.7. The van der Waals surface area contributed by atoms with Crippen LogP contribution >= 0.6 is 0 Å². The van der Waals surface area contributed by atoms with Crippen molar-refractivity contribution in [2.45, 2.75) is 40.0 Å².